The summed E-state index contributed by atoms with van der Waals surface area (Å²) in [6.45, 7) is 8.79. The van der Waals surface area contributed by atoms with Crippen molar-refractivity contribution in [2.75, 3.05) is 19.7 Å². The maximum absolute atomic E-state index is 13.2. The van der Waals surface area contributed by atoms with E-state index in [2.05, 4.69) is 28.9 Å². The largest absolute Gasteiger partial charge is 0.361 e. The quantitative estimate of drug-likeness (QED) is 0.783. The number of carbonyl (C=O) groups excluding carboxylic acids is 2. The molecule has 1 aromatic heterocycles. The molecule has 0 aliphatic carbocycles. The zero-order chi connectivity index (χ0) is 21.0. The molecule has 0 unspecified atom stereocenters. The third-order valence-electron chi connectivity index (χ3n) is 5.07. The van der Waals surface area contributed by atoms with E-state index in [1.165, 1.54) is 4.88 Å². The first kappa shape index (κ1) is 21.5. The second kappa shape index (κ2) is 9.09. The van der Waals surface area contributed by atoms with Crippen LogP contribution in [0.5, 0.6) is 0 Å². The van der Waals surface area contributed by atoms with Crippen LogP contribution in [0.15, 0.2) is 41.8 Å². The summed E-state index contributed by atoms with van der Waals surface area (Å²) in [5.74, 6) is -0.205. The van der Waals surface area contributed by atoms with Crippen molar-refractivity contribution in [2.45, 2.75) is 45.8 Å². The average molecular weight is 415 g/mol. The first-order chi connectivity index (χ1) is 13.8. The Kier molecular flexibility index (Phi) is 6.75. The highest BCUT2D eigenvalue weighted by Gasteiger charge is 2.45. The van der Waals surface area contributed by atoms with Crippen molar-refractivity contribution < 1.29 is 14.3 Å². The van der Waals surface area contributed by atoms with Gasteiger partial charge in [-0.05, 0) is 36.4 Å². The molecule has 0 bridgehead atoms. The van der Waals surface area contributed by atoms with Gasteiger partial charge in [0.25, 0.3) is 5.91 Å². The van der Waals surface area contributed by atoms with E-state index in [-0.39, 0.29) is 30.3 Å². The predicted molar refractivity (Wildman–Crippen MR) is 117 cm³/mol. The number of amides is 2. The minimum absolute atomic E-state index is 0.000330. The lowest BCUT2D eigenvalue weighted by Crippen LogP contribution is -2.63. The Morgan fingerprint density at radius 3 is 2.48 bits per heavy atom. The summed E-state index contributed by atoms with van der Waals surface area (Å²) in [6, 6.07) is 12.4. The molecule has 5 nitrogen and oxygen atoms in total. The Labute approximate surface area is 177 Å². The predicted octanol–water partition coefficient (Wildman–Crippen LogP) is 3.74. The molecule has 6 heteroatoms. The highest BCUT2D eigenvalue weighted by atomic mass is 32.1. The van der Waals surface area contributed by atoms with Gasteiger partial charge in [0.1, 0.15) is 0 Å². The molecule has 2 aromatic rings. The Bertz CT molecular complexity index is 830. The fourth-order valence-electron chi connectivity index (χ4n) is 3.62. The van der Waals surface area contributed by atoms with E-state index in [4.69, 9.17) is 4.74 Å². The van der Waals surface area contributed by atoms with Gasteiger partial charge in [-0.25, -0.2) is 0 Å². The summed E-state index contributed by atoms with van der Waals surface area (Å²) in [7, 11) is 0. The number of hydrogen-bond donors (Lipinski definition) is 1. The lowest BCUT2D eigenvalue weighted by molar-refractivity contribution is -0.167. The van der Waals surface area contributed by atoms with Gasteiger partial charge in [0.05, 0.1) is 13.2 Å². The first-order valence-corrected chi connectivity index (χ1v) is 11.1. The minimum atomic E-state index is -1.07. The highest BCUT2D eigenvalue weighted by molar-refractivity contribution is 7.13. The average Bonchev–Trinajstić information content (AvgIpc) is 3.22. The molecule has 1 aliphatic rings. The molecule has 29 heavy (non-hydrogen) atoms. The van der Waals surface area contributed by atoms with Crippen LogP contribution in [0, 0.1) is 5.92 Å². The number of nitrogens with zero attached hydrogens (tertiary/aromatic N) is 1. The number of hydrogen-bond acceptors (Lipinski definition) is 4. The van der Waals surface area contributed by atoms with Gasteiger partial charge in [-0.1, -0.05) is 44.2 Å². The third kappa shape index (κ3) is 5.06. The van der Waals surface area contributed by atoms with E-state index >= 15 is 0 Å². The molecule has 156 valence electrons. The lowest BCUT2D eigenvalue weighted by atomic mass is 9.90. The Morgan fingerprint density at radius 2 is 1.90 bits per heavy atom. The Balaban J connectivity index is 1.85. The monoisotopic (exact) mass is 414 g/mol. The fourth-order valence-corrected chi connectivity index (χ4v) is 4.35. The van der Waals surface area contributed by atoms with Crippen molar-refractivity contribution in [1.82, 2.24) is 10.2 Å². The van der Waals surface area contributed by atoms with Crippen LogP contribution < -0.4 is 5.32 Å². The number of nitrogens with one attached hydrogen (secondary N) is 1. The summed E-state index contributed by atoms with van der Waals surface area (Å²) in [4.78, 5) is 28.7. The van der Waals surface area contributed by atoms with Crippen LogP contribution in [0.3, 0.4) is 0 Å². The normalized spacial score (nSPS) is 19.6. The smallest absolute Gasteiger partial charge is 0.254 e. The number of rotatable bonds is 6. The van der Waals surface area contributed by atoms with E-state index in [0.29, 0.717) is 19.6 Å². The standard InChI is InChI=1S/C23H30N2O3S/c1-16(2)21(26)25-11-12-28-23(15-25,22(27)24-17(3)4)14-18-7-9-19(10-8-18)20-6-5-13-29-20/h5-10,13,16-17H,11-12,14-15H2,1-4H3,(H,24,27)/t23-/m0/s1. The molecule has 3 rings (SSSR count). The molecule has 1 saturated heterocycles. The number of ether oxygens (including phenoxy) is 1. The maximum atomic E-state index is 13.2. The first-order valence-electron chi connectivity index (χ1n) is 10.2. The van der Waals surface area contributed by atoms with Crippen molar-refractivity contribution in [2.24, 2.45) is 5.92 Å². The van der Waals surface area contributed by atoms with Crippen LogP contribution >= 0.6 is 11.3 Å². The number of benzene rings is 1. The van der Waals surface area contributed by atoms with Crippen LogP contribution in [0.25, 0.3) is 10.4 Å². The van der Waals surface area contributed by atoms with E-state index < -0.39 is 5.60 Å². The van der Waals surface area contributed by atoms with E-state index in [1.54, 1.807) is 16.2 Å². The zero-order valence-corrected chi connectivity index (χ0v) is 18.4. The molecule has 1 fully saturated rings. The summed E-state index contributed by atoms with van der Waals surface area (Å²) < 4.78 is 6.09. The van der Waals surface area contributed by atoms with Crippen LogP contribution in [-0.2, 0) is 20.7 Å². The molecule has 2 amide bonds. The summed E-state index contributed by atoms with van der Waals surface area (Å²) >= 11 is 1.70. The van der Waals surface area contributed by atoms with Gasteiger partial charge in [0.2, 0.25) is 5.91 Å². The molecule has 1 aromatic carbocycles. The van der Waals surface area contributed by atoms with Gasteiger partial charge in [-0.2, -0.15) is 0 Å². The molecular formula is C23H30N2O3S. The molecule has 1 N–H and O–H groups in total. The summed E-state index contributed by atoms with van der Waals surface area (Å²) in [5.41, 5.74) is 1.10. The SMILES string of the molecule is CC(C)NC(=O)[C@]1(Cc2ccc(-c3cccs3)cc2)CN(C(=O)C(C)C)CCO1. The molecular weight excluding hydrogens is 384 g/mol. The van der Waals surface area contributed by atoms with Crippen molar-refractivity contribution in [1.29, 1.82) is 0 Å². The van der Waals surface area contributed by atoms with Gasteiger partial charge >= 0.3 is 0 Å². The van der Waals surface area contributed by atoms with Crippen LogP contribution in [0.1, 0.15) is 33.3 Å². The topological polar surface area (TPSA) is 58.6 Å². The minimum Gasteiger partial charge on any atom is -0.361 e. The van der Waals surface area contributed by atoms with Crippen LogP contribution in [0.2, 0.25) is 0 Å². The molecule has 0 saturated carbocycles. The lowest BCUT2D eigenvalue weighted by Gasteiger charge is -2.42. The van der Waals surface area contributed by atoms with Crippen molar-refractivity contribution >= 4 is 23.2 Å². The van der Waals surface area contributed by atoms with Crippen LogP contribution in [-0.4, -0.2) is 48.1 Å². The van der Waals surface area contributed by atoms with Crippen molar-refractivity contribution in [3.05, 3.63) is 47.3 Å². The zero-order valence-electron chi connectivity index (χ0n) is 17.6. The second-order valence-corrected chi connectivity index (χ2v) is 9.18. The maximum Gasteiger partial charge on any atom is 0.254 e. The van der Waals surface area contributed by atoms with E-state index in [1.807, 2.05) is 45.9 Å². The number of thiophene rings is 1. The van der Waals surface area contributed by atoms with Gasteiger partial charge in [-0.15, -0.1) is 11.3 Å². The van der Waals surface area contributed by atoms with Gasteiger partial charge < -0.3 is 15.0 Å². The summed E-state index contributed by atoms with van der Waals surface area (Å²) in [5, 5.41) is 5.06. The summed E-state index contributed by atoms with van der Waals surface area (Å²) in [6.07, 6.45) is 0.429. The molecule has 2 heterocycles. The van der Waals surface area contributed by atoms with Gasteiger partial charge in [0.15, 0.2) is 5.60 Å². The van der Waals surface area contributed by atoms with Gasteiger partial charge in [-0.3, -0.25) is 9.59 Å². The fraction of sp³-hybridized carbons (Fsp3) is 0.478. The van der Waals surface area contributed by atoms with Crippen molar-refractivity contribution in [3.63, 3.8) is 0 Å². The third-order valence-corrected chi connectivity index (χ3v) is 5.99. The van der Waals surface area contributed by atoms with E-state index in [9.17, 15) is 9.59 Å². The number of carbonyl (C=O) groups is 2. The molecule has 0 radical (unpaired) electrons. The van der Waals surface area contributed by atoms with Crippen molar-refractivity contribution in [3.8, 4) is 10.4 Å². The van der Waals surface area contributed by atoms with Crippen LogP contribution in [0.4, 0.5) is 0 Å². The molecule has 1 aliphatic heterocycles. The Hall–Kier alpha value is -2.18. The second-order valence-electron chi connectivity index (χ2n) is 8.24. The number of morpholine rings is 1. The highest BCUT2D eigenvalue weighted by Crippen LogP contribution is 2.28. The van der Waals surface area contributed by atoms with Gasteiger partial charge in [0, 0.05) is 29.8 Å². The molecule has 0 spiro atoms. The molecule has 1 atom stereocenters. The van der Waals surface area contributed by atoms with E-state index in [0.717, 1.165) is 11.1 Å². The Morgan fingerprint density at radius 1 is 1.17 bits per heavy atom.